The van der Waals surface area contributed by atoms with Gasteiger partial charge in [0.1, 0.15) is 5.75 Å². The quantitative estimate of drug-likeness (QED) is 0.695. The standard InChI is InChI=1S/C12H17ClO/c1-9(10(2)13)8-11-6-4-5-7-12(11)14-3/h4-7,9-10H,8H2,1-3H3. The molecule has 78 valence electrons. The lowest BCUT2D eigenvalue weighted by Gasteiger charge is -2.15. The highest BCUT2D eigenvalue weighted by atomic mass is 35.5. The molecule has 2 unspecified atom stereocenters. The third-order valence-corrected chi connectivity index (χ3v) is 2.95. The molecule has 1 aromatic carbocycles. The van der Waals surface area contributed by atoms with Crippen molar-refractivity contribution in [2.45, 2.75) is 25.6 Å². The van der Waals surface area contributed by atoms with E-state index in [1.54, 1.807) is 7.11 Å². The maximum absolute atomic E-state index is 6.03. The Hall–Kier alpha value is -0.690. The Bertz CT molecular complexity index is 283. The lowest BCUT2D eigenvalue weighted by molar-refractivity contribution is 0.405. The van der Waals surface area contributed by atoms with Crippen molar-refractivity contribution in [3.8, 4) is 5.75 Å². The molecular weight excluding hydrogens is 196 g/mol. The van der Waals surface area contributed by atoms with Crippen molar-refractivity contribution in [2.75, 3.05) is 7.11 Å². The molecule has 0 spiro atoms. The maximum atomic E-state index is 6.03. The van der Waals surface area contributed by atoms with Gasteiger partial charge in [0.05, 0.1) is 7.11 Å². The van der Waals surface area contributed by atoms with Crippen LogP contribution in [0.1, 0.15) is 19.4 Å². The molecule has 2 atom stereocenters. The third-order valence-electron chi connectivity index (χ3n) is 2.52. The molecule has 0 fully saturated rings. The molecular formula is C12H17ClO. The highest BCUT2D eigenvalue weighted by Gasteiger charge is 2.12. The molecule has 2 heteroatoms. The van der Waals surface area contributed by atoms with Gasteiger partial charge in [-0.15, -0.1) is 11.6 Å². The number of hydrogen-bond donors (Lipinski definition) is 0. The number of halogens is 1. The number of ether oxygens (including phenoxy) is 1. The predicted molar refractivity (Wildman–Crippen MR) is 61.2 cm³/mol. The number of para-hydroxylation sites is 1. The van der Waals surface area contributed by atoms with Gasteiger partial charge in [-0.3, -0.25) is 0 Å². The van der Waals surface area contributed by atoms with Gasteiger partial charge >= 0.3 is 0 Å². The van der Waals surface area contributed by atoms with Crippen LogP contribution >= 0.6 is 11.6 Å². The zero-order valence-electron chi connectivity index (χ0n) is 8.96. The van der Waals surface area contributed by atoms with Gasteiger partial charge in [0.2, 0.25) is 0 Å². The predicted octanol–water partition coefficient (Wildman–Crippen LogP) is 3.50. The van der Waals surface area contributed by atoms with Crippen molar-refractivity contribution >= 4 is 11.6 Å². The van der Waals surface area contributed by atoms with Crippen molar-refractivity contribution in [2.24, 2.45) is 5.92 Å². The number of methoxy groups -OCH3 is 1. The first-order valence-corrected chi connectivity index (χ1v) is 5.34. The first kappa shape index (κ1) is 11.4. The fraction of sp³-hybridized carbons (Fsp3) is 0.500. The average molecular weight is 213 g/mol. The van der Waals surface area contributed by atoms with Crippen LogP contribution in [0.4, 0.5) is 0 Å². The zero-order chi connectivity index (χ0) is 10.6. The van der Waals surface area contributed by atoms with Crippen LogP contribution < -0.4 is 4.74 Å². The number of benzene rings is 1. The van der Waals surface area contributed by atoms with E-state index >= 15 is 0 Å². The van der Waals surface area contributed by atoms with Crippen LogP contribution in [-0.2, 0) is 6.42 Å². The van der Waals surface area contributed by atoms with Gasteiger partial charge in [-0.2, -0.15) is 0 Å². The third kappa shape index (κ3) is 2.91. The van der Waals surface area contributed by atoms with Gasteiger partial charge in [0, 0.05) is 5.38 Å². The van der Waals surface area contributed by atoms with Crippen molar-refractivity contribution < 1.29 is 4.74 Å². The molecule has 0 aliphatic heterocycles. The van der Waals surface area contributed by atoms with E-state index in [-0.39, 0.29) is 5.38 Å². The molecule has 0 aromatic heterocycles. The van der Waals surface area contributed by atoms with Gasteiger partial charge in [-0.05, 0) is 30.9 Å². The Kier molecular flexibility index (Phi) is 4.27. The average Bonchev–Trinajstić information content (AvgIpc) is 2.18. The normalized spacial score (nSPS) is 14.9. The van der Waals surface area contributed by atoms with Crippen LogP contribution in [0.2, 0.25) is 0 Å². The van der Waals surface area contributed by atoms with Crippen LogP contribution in [0.5, 0.6) is 5.75 Å². The fourth-order valence-electron chi connectivity index (χ4n) is 1.38. The second-order valence-electron chi connectivity index (χ2n) is 3.67. The molecule has 0 radical (unpaired) electrons. The van der Waals surface area contributed by atoms with Crippen molar-refractivity contribution in [1.82, 2.24) is 0 Å². The summed E-state index contributed by atoms with van der Waals surface area (Å²) in [5.74, 6) is 1.42. The van der Waals surface area contributed by atoms with E-state index in [0.717, 1.165) is 12.2 Å². The number of hydrogen-bond acceptors (Lipinski definition) is 1. The van der Waals surface area contributed by atoms with E-state index in [2.05, 4.69) is 13.0 Å². The monoisotopic (exact) mass is 212 g/mol. The SMILES string of the molecule is COc1ccccc1CC(C)C(C)Cl. The summed E-state index contributed by atoms with van der Waals surface area (Å²) < 4.78 is 5.28. The summed E-state index contributed by atoms with van der Waals surface area (Å²) in [5.41, 5.74) is 1.23. The smallest absolute Gasteiger partial charge is 0.122 e. The summed E-state index contributed by atoms with van der Waals surface area (Å²) in [6.07, 6.45) is 0.967. The number of rotatable bonds is 4. The molecule has 1 nitrogen and oxygen atoms in total. The lowest BCUT2D eigenvalue weighted by Crippen LogP contribution is -2.10. The van der Waals surface area contributed by atoms with E-state index < -0.39 is 0 Å². The topological polar surface area (TPSA) is 9.23 Å². The molecule has 0 saturated heterocycles. The first-order valence-electron chi connectivity index (χ1n) is 4.91. The lowest BCUT2D eigenvalue weighted by atomic mass is 9.98. The summed E-state index contributed by atoms with van der Waals surface area (Å²) in [7, 11) is 1.70. The molecule has 0 N–H and O–H groups in total. The molecule has 1 aromatic rings. The first-order chi connectivity index (χ1) is 6.65. The highest BCUT2D eigenvalue weighted by molar-refractivity contribution is 6.20. The summed E-state index contributed by atoms with van der Waals surface area (Å²) in [6, 6.07) is 8.09. The van der Waals surface area contributed by atoms with Gasteiger partial charge in [-0.1, -0.05) is 25.1 Å². The zero-order valence-corrected chi connectivity index (χ0v) is 9.71. The van der Waals surface area contributed by atoms with Crippen LogP contribution in [0, 0.1) is 5.92 Å². The van der Waals surface area contributed by atoms with Crippen LogP contribution in [0.3, 0.4) is 0 Å². The minimum atomic E-state index is 0.194. The van der Waals surface area contributed by atoms with Gasteiger partial charge in [-0.25, -0.2) is 0 Å². The van der Waals surface area contributed by atoms with Gasteiger partial charge < -0.3 is 4.74 Å². The Balaban J connectivity index is 2.75. The van der Waals surface area contributed by atoms with Crippen molar-refractivity contribution in [3.05, 3.63) is 29.8 Å². The van der Waals surface area contributed by atoms with E-state index in [1.165, 1.54) is 5.56 Å². The van der Waals surface area contributed by atoms with Gasteiger partial charge in [0.15, 0.2) is 0 Å². The minimum Gasteiger partial charge on any atom is -0.496 e. The Morgan fingerprint density at radius 3 is 2.50 bits per heavy atom. The second-order valence-corrected chi connectivity index (χ2v) is 4.36. The summed E-state index contributed by atoms with van der Waals surface area (Å²) >= 11 is 6.03. The molecule has 1 rings (SSSR count). The largest absolute Gasteiger partial charge is 0.496 e. The van der Waals surface area contributed by atoms with E-state index in [4.69, 9.17) is 16.3 Å². The second kappa shape index (κ2) is 5.26. The van der Waals surface area contributed by atoms with Crippen LogP contribution in [0.25, 0.3) is 0 Å². The van der Waals surface area contributed by atoms with E-state index in [1.807, 2.05) is 25.1 Å². The van der Waals surface area contributed by atoms with Gasteiger partial charge in [0.25, 0.3) is 0 Å². The molecule has 0 saturated carbocycles. The molecule has 0 amide bonds. The fourth-order valence-corrected chi connectivity index (χ4v) is 1.47. The van der Waals surface area contributed by atoms with Crippen LogP contribution in [0.15, 0.2) is 24.3 Å². The van der Waals surface area contributed by atoms with E-state index in [9.17, 15) is 0 Å². The molecule has 14 heavy (non-hydrogen) atoms. The summed E-state index contributed by atoms with van der Waals surface area (Å²) in [5, 5.41) is 0.194. The van der Waals surface area contributed by atoms with Crippen molar-refractivity contribution in [1.29, 1.82) is 0 Å². The molecule has 0 aliphatic carbocycles. The molecule has 0 aliphatic rings. The Morgan fingerprint density at radius 2 is 1.93 bits per heavy atom. The minimum absolute atomic E-state index is 0.194. The molecule has 0 bridgehead atoms. The Labute approximate surface area is 91.0 Å². The Morgan fingerprint density at radius 1 is 1.29 bits per heavy atom. The maximum Gasteiger partial charge on any atom is 0.122 e. The highest BCUT2D eigenvalue weighted by Crippen LogP contribution is 2.23. The number of alkyl halides is 1. The van der Waals surface area contributed by atoms with E-state index in [0.29, 0.717) is 5.92 Å². The summed E-state index contributed by atoms with van der Waals surface area (Å²) in [6.45, 7) is 4.19. The van der Waals surface area contributed by atoms with Crippen LogP contribution in [-0.4, -0.2) is 12.5 Å². The van der Waals surface area contributed by atoms with Crippen molar-refractivity contribution in [3.63, 3.8) is 0 Å². The summed E-state index contributed by atoms with van der Waals surface area (Å²) in [4.78, 5) is 0. The molecule has 0 heterocycles.